The van der Waals surface area contributed by atoms with Gasteiger partial charge in [0, 0.05) is 33.4 Å². The lowest BCUT2D eigenvalue weighted by Gasteiger charge is -2.26. The third-order valence-electron chi connectivity index (χ3n) is 7.18. The largest absolute Gasteiger partial charge is 0.310 e. The van der Waals surface area contributed by atoms with Crippen LogP contribution < -0.4 is 4.90 Å². The number of nitrogens with zero attached hydrogens (tertiary/aromatic N) is 2. The number of hydrogen-bond donors (Lipinski definition) is 0. The van der Waals surface area contributed by atoms with Crippen LogP contribution in [-0.4, -0.2) is 4.57 Å². The maximum Gasteiger partial charge on any atom is 0.0651 e. The minimum atomic E-state index is -1.35. The molecule has 50 heavy (non-hydrogen) atoms. The molecule has 2 heteroatoms. The molecule has 0 N–H and O–H groups in total. The molecular formula is C48H34N2. The van der Waals surface area contributed by atoms with E-state index in [0.29, 0.717) is 4.57 Å². The number of benzene rings is 8. The van der Waals surface area contributed by atoms with E-state index in [2.05, 4.69) is 0 Å². The molecule has 0 fully saturated rings. The fourth-order valence-electron chi connectivity index (χ4n) is 5.07. The Morgan fingerprint density at radius 3 is 1.64 bits per heavy atom. The SMILES string of the molecule is [2H]c1c([2H])c([2H])c(-c2c([2H])c([2H])c([2H])c(N(c3c([2H])c([2H])c([2H])c([2H])c3[2H])c3c([2H])c([2H])c(-c4c([2H])c([2H])c5c(c4[2H])c4c([2H])c([2H])c([2H])c([2H])c4n5-c4c([2H])c([2H])c([2H])c([2H])c4-c4c([2H])c([2H])c([2H])c([2H])c4[2H])c([2H])c3[2H])c2[2H])c([2H])c1[2H]. The van der Waals surface area contributed by atoms with Gasteiger partial charge in [0.1, 0.15) is 0 Å². The van der Waals surface area contributed by atoms with Crippen LogP contribution >= 0.6 is 0 Å². The summed E-state index contributed by atoms with van der Waals surface area (Å²) in [6.45, 7) is 0. The van der Waals surface area contributed by atoms with Crippen molar-refractivity contribution in [3.05, 3.63) is 205 Å². The Hall–Kier alpha value is -6.64. The highest BCUT2D eigenvalue weighted by Gasteiger charge is 2.17. The second-order valence-electron chi connectivity index (χ2n) is 10.0. The van der Waals surface area contributed by atoms with Gasteiger partial charge in [-0.15, -0.1) is 0 Å². The lowest BCUT2D eigenvalue weighted by molar-refractivity contribution is 1.18. The van der Waals surface area contributed by atoms with Crippen LogP contribution in [0.2, 0.25) is 0 Å². The Bertz CT molecular complexity index is 4430. The summed E-state index contributed by atoms with van der Waals surface area (Å²) < 4.78 is 304. The van der Waals surface area contributed by atoms with Crippen LogP contribution in [0.15, 0.2) is 205 Å². The Morgan fingerprint density at radius 1 is 0.340 bits per heavy atom. The molecule has 2 nitrogen and oxygen atoms in total. The molecular weight excluding hydrogens is 605 g/mol. The van der Waals surface area contributed by atoms with Crippen molar-refractivity contribution in [2.75, 3.05) is 4.90 Å². The van der Waals surface area contributed by atoms with Crippen LogP contribution in [0.3, 0.4) is 0 Å². The molecule has 0 spiro atoms. The molecule has 0 aliphatic rings. The van der Waals surface area contributed by atoms with Gasteiger partial charge in [0.25, 0.3) is 0 Å². The van der Waals surface area contributed by atoms with Crippen LogP contribution in [0.4, 0.5) is 17.1 Å². The van der Waals surface area contributed by atoms with Crippen molar-refractivity contribution in [3.8, 4) is 39.1 Å². The summed E-state index contributed by atoms with van der Waals surface area (Å²) >= 11 is 0. The molecule has 236 valence electrons. The molecule has 0 bridgehead atoms. The minimum absolute atomic E-state index is 0.284. The zero-order valence-electron chi connectivity index (χ0n) is 58.9. The fourth-order valence-corrected chi connectivity index (χ4v) is 5.07. The van der Waals surface area contributed by atoms with Crippen molar-refractivity contribution < 1.29 is 46.6 Å². The van der Waals surface area contributed by atoms with Crippen LogP contribution in [0, 0.1) is 0 Å². The van der Waals surface area contributed by atoms with Gasteiger partial charge in [-0.1, -0.05) is 145 Å². The van der Waals surface area contributed by atoms with Gasteiger partial charge in [0.2, 0.25) is 0 Å². The molecule has 8 aromatic carbocycles. The van der Waals surface area contributed by atoms with Crippen molar-refractivity contribution >= 4 is 38.9 Å². The number of anilines is 3. The molecule has 0 atom stereocenters. The molecule has 0 saturated carbocycles. The Balaban J connectivity index is 1.47. The molecule has 0 aliphatic heterocycles. The lowest BCUT2D eigenvalue weighted by Crippen LogP contribution is -2.09. The van der Waals surface area contributed by atoms with Crippen molar-refractivity contribution in [3.63, 3.8) is 0 Å². The minimum Gasteiger partial charge on any atom is -0.310 e. The highest BCUT2D eigenvalue weighted by atomic mass is 15.1. The van der Waals surface area contributed by atoms with E-state index >= 15 is 0 Å². The average Bonchev–Trinajstić information content (AvgIpc) is 1.48. The standard InChI is InChI=1S/C48H34N2/c1-4-15-35(16-5-1)38-19-14-22-42(33-38)49(40-20-8-3-9-21-40)41-30-27-36(28-31-41)39-29-32-48-45(34-39)44-24-11-13-26-47(44)50(48)46-25-12-10-23-43(46)37-17-6-2-7-18-37/h1-34H/i1D,2D,3D,4D,5D,6D,7D,8D,9D,10D,11D,12D,13D,14D,15D,16D,17D,18D,19D,20D,21D,22D,23D,24D,25D,26D,27D,28D,29D,30D,31D,32D,33D,34D. The van der Waals surface area contributed by atoms with Gasteiger partial charge in [-0.05, 0) is 88.2 Å². The molecule has 1 heterocycles. The van der Waals surface area contributed by atoms with E-state index < -0.39 is 283 Å². The summed E-state index contributed by atoms with van der Waals surface area (Å²) in [5.41, 5.74) is -11.6. The highest BCUT2D eigenvalue weighted by molar-refractivity contribution is 6.11. The number of aromatic nitrogens is 1. The van der Waals surface area contributed by atoms with E-state index in [1.54, 1.807) is 0 Å². The third kappa shape index (κ3) is 5.34. The molecule has 9 aromatic rings. The average molecular weight is 673 g/mol. The number of para-hydroxylation sites is 3. The zero-order chi connectivity index (χ0) is 62.9. The topological polar surface area (TPSA) is 8.17 Å². The summed E-state index contributed by atoms with van der Waals surface area (Å²) in [7, 11) is 0. The molecule has 0 unspecified atom stereocenters. The molecule has 0 radical (unpaired) electrons. The van der Waals surface area contributed by atoms with Gasteiger partial charge >= 0.3 is 0 Å². The first-order chi connectivity index (χ1) is 39.0. The van der Waals surface area contributed by atoms with Crippen LogP contribution in [0.1, 0.15) is 46.6 Å². The highest BCUT2D eigenvalue weighted by Crippen LogP contribution is 2.40. The van der Waals surface area contributed by atoms with E-state index in [-0.39, 0.29) is 4.90 Å². The second kappa shape index (κ2) is 12.8. The second-order valence-corrected chi connectivity index (χ2v) is 10.0. The summed E-state index contributed by atoms with van der Waals surface area (Å²) in [5, 5.41) is -1.50. The van der Waals surface area contributed by atoms with E-state index in [0.717, 1.165) is 0 Å². The first kappa shape index (κ1) is 10.7. The first-order valence-electron chi connectivity index (χ1n) is 31.3. The summed E-state index contributed by atoms with van der Waals surface area (Å²) in [6.07, 6.45) is 0. The van der Waals surface area contributed by atoms with Crippen LogP contribution in [0.25, 0.3) is 60.9 Å². The predicted molar refractivity (Wildman–Crippen MR) is 212 cm³/mol. The lowest BCUT2D eigenvalue weighted by atomic mass is 10.0. The Morgan fingerprint density at radius 2 is 0.860 bits per heavy atom. The van der Waals surface area contributed by atoms with E-state index in [9.17, 15) is 15.1 Å². The van der Waals surface area contributed by atoms with Crippen molar-refractivity contribution in [1.29, 1.82) is 0 Å². The molecule has 1 aromatic heterocycles. The van der Waals surface area contributed by atoms with Crippen molar-refractivity contribution in [2.45, 2.75) is 0 Å². The van der Waals surface area contributed by atoms with Crippen molar-refractivity contribution in [2.24, 2.45) is 0 Å². The Labute approximate surface area is 340 Å². The normalized spacial score (nSPS) is 20.7. The summed E-state index contributed by atoms with van der Waals surface area (Å²) in [6, 6.07) is -37.3. The molecule has 9 rings (SSSR count). The van der Waals surface area contributed by atoms with E-state index in [1.807, 2.05) is 0 Å². The van der Waals surface area contributed by atoms with Crippen LogP contribution in [-0.2, 0) is 0 Å². The van der Waals surface area contributed by atoms with Gasteiger partial charge in [0.15, 0.2) is 0 Å². The van der Waals surface area contributed by atoms with Gasteiger partial charge in [-0.3, -0.25) is 0 Å². The predicted octanol–water partition coefficient (Wildman–Crippen LogP) is 13.3. The molecule has 0 amide bonds. The molecule has 0 saturated heterocycles. The summed E-state index contributed by atoms with van der Waals surface area (Å²) in [4.78, 5) is 0.284. The van der Waals surface area contributed by atoms with Gasteiger partial charge in [-0.2, -0.15) is 0 Å². The third-order valence-corrected chi connectivity index (χ3v) is 7.18. The maximum atomic E-state index is 9.83. The smallest absolute Gasteiger partial charge is 0.0651 e. The quantitative estimate of drug-likeness (QED) is 0.164. The number of hydrogen-bond acceptors (Lipinski definition) is 1. The van der Waals surface area contributed by atoms with Gasteiger partial charge in [-0.25, -0.2) is 0 Å². The van der Waals surface area contributed by atoms with Crippen LogP contribution in [0.5, 0.6) is 0 Å². The summed E-state index contributed by atoms with van der Waals surface area (Å²) in [5.74, 6) is 0. The number of rotatable bonds is 7. The van der Waals surface area contributed by atoms with Gasteiger partial charge in [0.05, 0.1) is 63.3 Å². The monoisotopic (exact) mass is 672 g/mol. The van der Waals surface area contributed by atoms with Crippen molar-refractivity contribution in [1.82, 2.24) is 4.57 Å². The number of fused-ring (bicyclic) bond motifs is 3. The van der Waals surface area contributed by atoms with E-state index in [1.165, 1.54) is 0 Å². The van der Waals surface area contributed by atoms with Gasteiger partial charge < -0.3 is 9.47 Å². The molecule has 0 aliphatic carbocycles. The zero-order valence-corrected chi connectivity index (χ0v) is 24.9. The Kier molecular flexibility index (Phi) is 2.72. The fraction of sp³-hybridized carbons (Fsp3) is 0. The van der Waals surface area contributed by atoms with E-state index in [4.69, 9.17) is 31.5 Å². The maximum absolute atomic E-state index is 9.83. The first-order valence-corrected chi connectivity index (χ1v) is 14.3.